The standard InChI is InChI=1S/C4H4NO/c1-3-6-4-2-5-1/h1-3,5H. The Balaban J connectivity index is 2.40. The first-order valence-corrected chi connectivity index (χ1v) is 1.64. The second-order valence-corrected chi connectivity index (χ2v) is 0.849. The van der Waals surface area contributed by atoms with Crippen molar-refractivity contribution in [3.05, 3.63) is 24.9 Å². The van der Waals surface area contributed by atoms with Crippen LogP contribution in [0, 0.1) is 6.26 Å². The zero-order chi connectivity index (χ0) is 4.24. The van der Waals surface area contributed by atoms with Crippen LogP contribution >= 0.6 is 0 Å². The van der Waals surface area contributed by atoms with Crippen molar-refractivity contribution < 1.29 is 4.74 Å². The Bertz CT molecular complexity index is 65.5. The van der Waals surface area contributed by atoms with Crippen LogP contribution in [0.5, 0.6) is 0 Å². The van der Waals surface area contributed by atoms with E-state index in [4.69, 9.17) is 0 Å². The predicted octanol–water partition coefficient (Wildman–Crippen LogP) is 0.352. The summed E-state index contributed by atoms with van der Waals surface area (Å²) in [4.78, 5) is 0. The molecule has 1 heterocycles. The summed E-state index contributed by atoms with van der Waals surface area (Å²) >= 11 is 0. The summed E-state index contributed by atoms with van der Waals surface area (Å²) in [6, 6.07) is 0. The molecular weight excluding hydrogens is 78.0 g/mol. The van der Waals surface area contributed by atoms with Gasteiger partial charge in [-0.25, -0.2) is 0 Å². The molecule has 0 aromatic carbocycles. The van der Waals surface area contributed by atoms with Crippen molar-refractivity contribution >= 4 is 0 Å². The maximum atomic E-state index is 4.52. The number of rotatable bonds is 0. The summed E-state index contributed by atoms with van der Waals surface area (Å²) in [6.45, 7) is 0. The van der Waals surface area contributed by atoms with E-state index in [2.05, 4.69) is 16.3 Å². The van der Waals surface area contributed by atoms with Gasteiger partial charge in [0, 0.05) is 12.4 Å². The van der Waals surface area contributed by atoms with Crippen LogP contribution in [-0.4, -0.2) is 0 Å². The minimum absolute atomic E-state index is 1.51. The molecule has 1 N–H and O–H groups in total. The van der Waals surface area contributed by atoms with Crippen LogP contribution in [0.4, 0.5) is 0 Å². The first-order valence-electron chi connectivity index (χ1n) is 1.64. The fourth-order valence-electron chi connectivity index (χ4n) is 0.229. The molecule has 1 aliphatic heterocycles. The molecule has 0 amide bonds. The van der Waals surface area contributed by atoms with Crippen molar-refractivity contribution in [1.29, 1.82) is 0 Å². The molecule has 6 heavy (non-hydrogen) atoms. The average Bonchev–Trinajstić information content (AvgIpc) is 1.72. The Hall–Kier alpha value is -0.920. The smallest absolute Gasteiger partial charge is 0.186 e. The van der Waals surface area contributed by atoms with Crippen LogP contribution in [0.2, 0.25) is 0 Å². The van der Waals surface area contributed by atoms with Gasteiger partial charge in [-0.1, -0.05) is 0 Å². The monoisotopic (exact) mass is 82.0 g/mol. The number of nitrogens with one attached hydrogen (secondary N) is 1. The molecule has 1 aliphatic rings. The predicted molar refractivity (Wildman–Crippen MR) is 21.2 cm³/mol. The fourth-order valence-corrected chi connectivity index (χ4v) is 0.229. The molecule has 0 aromatic rings. The van der Waals surface area contributed by atoms with Crippen LogP contribution in [0.15, 0.2) is 18.7 Å². The molecule has 0 aromatic heterocycles. The van der Waals surface area contributed by atoms with Gasteiger partial charge in [-0.15, -0.1) is 0 Å². The maximum absolute atomic E-state index is 4.52. The summed E-state index contributed by atoms with van der Waals surface area (Å²) in [5.74, 6) is 0. The molecule has 0 fully saturated rings. The second-order valence-electron chi connectivity index (χ2n) is 0.849. The SMILES string of the molecule is [C]1=CNC=CO1. The number of hydrogen-bond donors (Lipinski definition) is 1. The van der Waals surface area contributed by atoms with Crippen LogP contribution in [0.25, 0.3) is 0 Å². The molecule has 0 saturated carbocycles. The van der Waals surface area contributed by atoms with Gasteiger partial charge in [-0.2, -0.15) is 0 Å². The molecule has 31 valence electrons. The lowest BCUT2D eigenvalue weighted by atomic mass is 10.8. The molecule has 1 rings (SSSR count). The molecular formula is C4H4NO. The van der Waals surface area contributed by atoms with Crippen LogP contribution in [0.3, 0.4) is 0 Å². The average molecular weight is 82.1 g/mol. The van der Waals surface area contributed by atoms with Crippen molar-refractivity contribution in [2.75, 3.05) is 0 Å². The summed E-state index contributed by atoms with van der Waals surface area (Å²) < 4.78 is 4.52. The van der Waals surface area contributed by atoms with Gasteiger partial charge < -0.3 is 10.1 Å². The molecule has 2 nitrogen and oxygen atoms in total. The normalized spacial score (nSPS) is 16.0. The largest absolute Gasteiger partial charge is 0.458 e. The highest BCUT2D eigenvalue weighted by Gasteiger charge is 1.74. The summed E-state index contributed by atoms with van der Waals surface area (Å²) in [6.07, 6.45) is 7.24. The van der Waals surface area contributed by atoms with Crippen LogP contribution in [-0.2, 0) is 4.74 Å². The van der Waals surface area contributed by atoms with E-state index in [1.807, 2.05) is 0 Å². The third-order valence-electron chi connectivity index (χ3n) is 0.443. The van der Waals surface area contributed by atoms with E-state index >= 15 is 0 Å². The molecule has 0 unspecified atom stereocenters. The van der Waals surface area contributed by atoms with Gasteiger partial charge in [0.1, 0.15) is 6.26 Å². The van der Waals surface area contributed by atoms with Crippen molar-refractivity contribution in [1.82, 2.24) is 5.32 Å². The number of hydrogen-bond acceptors (Lipinski definition) is 2. The zero-order valence-electron chi connectivity index (χ0n) is 3.14. The van der Waals surface area contributed by atoms with Crippen molar-refractivity contribution in [3.63, 3.8) is 0 Å². The van der Waals surface area contributed by atoms with Gasteiger partial charge >= 0.3 is 0 Å². The van der Waals surface area contributed by atoms with E-state index in [0.717, 1.165) is 0 Å². The highest BCUT2D eigenvalue weighted by Crippen LogP contribution is 1.79. The van der Waals surface area contributed by atoms with Gasteiger partial charge in [0.15, 0.2) is 6.26 Å². The van der Waals surface area contributed by atoms with Crippen molar-refractivity contribution in [2.45, 2.75) is 0 Å². The molecule has 1 radical (unpaired) electrons. The lowest BCUT2D eigenvalue weighted by Crippen LogP contribution is -1.95. The van der Waals surface area contributed by atoms with Gasteiger partial charge in [0.2, 0.25) is 0 Å². The Kier molecular flexibility index (Phi) is 0.819. The molecule has 0 spiro atoms. The van der Waals surface area contributed by atoms with Crippen molar-refractivity contribution in [3.8, 4) is 0 Å². The van der Waals surface area contributed by atoms with Gasteiger partial charge in [0.05, 0.1) is 0 Å². The van der Waals surface area contributed by atoms with Gasteiger partial charge in [0.25, 0.3) is 0 Å². The lowest BCUT2D eigenvalue weighted by molar-refractivity contribution is 0.362. The minimum Gasteiger partial charge on any atom is -0.458 e. The summed E-state index contributed by atoms with van der Waals surface area (Å²) in [5, 5.41) is 2.74. The first kappa shape index (κ1) is 3.28. The maximum Gasteiger partial charge on any atom is 0.186 e. The Morgan fingerprint density at radius 2 is 2.67 bits per heavy atom. The molecule has 0 aliphatic carbocycles. The van der Waals surface area contributed by atoms with Crippen molar-refractivity contribution in [2.24, 2.45) is 0 Å². The van der Waals surface area contributed by atoms with E-state index in [0.29, 0.717) is 0 Å². The lowest BCUT2D eigenvalue weighted by Gasteiger charge is -1.93. The van der Waals surface area contributed by atoms with E-state index in [-0.39, 0.29) is 0 Å². The quantitative estimate of drug-likeness (QED) is 0.455. The molecule has 2 heteroatoms. The molecule has 0 atom stereocenters. The van der Waals surface area contributed by atoms with E-state index in [1.54, 1.807) is 12.4 Å². The van der Waals surface area contributed by atoms with E-state index < -0.39 is 0 Å². The second kappa shape index (κ2) is 1.50. The fraction of sp³-hybridized carbons (Fsp3) is 0. The minimum atomic E-state index is 1.51. The highest BCUT2D eigenvalue weighted by molar-refractivity contribution is 4.83. The number of ether oxygens (including phenoxy) is 1. The third-order valence-corrected chi connectivity index (χ3v) is 0.443. The van der Waals surface area contributed by atoms with E-state index in [1.165, 1.54) is 6.26 Å². The molecule has 0 saturated heterocycles. The Labute approximate surface area is 36.1 Å². The molecule has 0 bridgehead atoms. The summed E-state index contributed by atoms with van der Waals surface area (Å²) in [5.41, 5.74) is 0. The third kappa shape index (κ3) is 0.516. The van der Waals surface area contributed by atoms with Gasteiger partial charge in [-0.05, 0) is 0 Å². The van der Waals surface area contributed by atoms with Crippen LogP contribution in [0.1, 0.15) is 0 Å². The van der Waals surface area contributed by atoms with Gasteiger partial charge in [-0.3, -0.25) is 0 Å². The zero-order valence-corrected chi connectivity index (χ0v) is 3.14. The Morgan fingerprint density at radius 3 is 2.83 bits per heavy atom. The van der Waals surface area contributed by atoms with E-state index in [9.17, 15) is 0 Å². The highest BCUT2D eigenvalue weighted by atomic mass is 16.5. The topological polar surface area (TPSA) is 21.3 Å². The Morgan fingerprint density at radius 1 is 1.67 bits per heavy atom. The first-order chi connectivity index (χ1) is 3.00. The van der Waals surface area contributed by atoms with Crippen LogP contribution < -0.4 is 5.32 Å². The summed E-state index contributed by atoms with van der Waals surface area (Å²) in [7, 11) is 0.